The zero-order valence-corrected chi connectivity index (χ0v) is 25.8. The molecule has 0 spiro atoms. The Morgan fingerprint density at radius 2 is 1.90 bits per heavy atom. The van der Waals surface area contributed by atoms with Crippen molar-refractivity contribution in [1.82, 2.24) is 9.55 Å². The molecule has 0 fully saturated rings. The third-order valence-corrected chi connectivity index (χ3v) is 9.43. The van der Waals surface area contributed by atoms with Crippen LogP contribution in [0.1, 0.15) is 45.1 Å². The van der Waals surface area contributed by atoms with E-state index in [1.807, 2.05) is 67.6 Å². The molecule has 8 nitrogen and oxygen atoms in total. The van der Waals surface area contributed by atoms with Crippen molar-refractivity contribution in [3.05, 3.63) is 103 Å². The van der Waals surface area contributed by atoms with Crippen molar-refractivity contribution in [2.45, 2.75) is 49.3 Å². The standard InChI is InChI=1S/C31H27N3O5S3/c1-5-37-20-12-10-19(11-13-20)27-26(29(36)38-17(2)3)18(4)32-30-34(27)28(35)24(40-30)16-21-14-15-25(39-21)42-31-33-22-8-6-7-9-23(22)41-31/h6-17,27H,5H2,1-4H3/b24-16+/t27-/m1/s1. The number of furan rings is 1. The molecule has 6 rings (SSSR count). The van der Waals surface area contributed by atoms with E-state index in [0.29, 0.717) is 43.8 Å². The number of hydrogen-bond donors (Lipinski definition) is 0. The average molecular weight is 618 g/mol. The number of para-hydroxylation sites is 1. The molecular formula is C31H27N3O5S3. The number of esters is 1. The van der Waals surface area contributed by atoms with Gasteiger partial charge < -0.3 is 13.9 Å². The molecule has 0 saturated carbocycles. The first-order valence-corrected chi connectivity index (χ1v) is 15.8. The summed E-state index contributed by atoms with van der Waals surface area (Å²) in [6.45, 7) is 7.81. The summed E-state index contributed by atoms with van der Waals surface area (Å²) in [5.41, 5.74) is 2.28. The van der Waals surface area contributed by atoms with Gasteiger partial charge in [0, 0.05) is 6.08 Å². The number of fused-ring (bicyclic) bond motifs is 2. The van der Waals surface area contributed by atoms with Crippen LogP contribution in [0.25, 0.3) is 16.3 Å². The molecule has 0 aliphatic carbocycles. The fourth-order valence-electron chi connectivity index (χ4n) is 4.67. The van der Waals surface area contributed by atoms with Crippen LogP contribution in [0.2, 0.25) is 0 Å². The number of benzene rings is 2. The first-order chi connectivity index (χ1) is 20.3. The Morgan fingerprint density at radius 3 is 2.64 bits per heavy atom. The molecule has 0 saturated heterocycles. The van der Waals surface area contributed by atoms with E-state index in [0.717, 1.165) is 20.1 Å². The lowest BCUT2D eigenvalue weighted by Gasteiger charge is -2.25. The van der Waals surface area contributed by atoms with Gasteiger partial charge in [-0.3, -0.25) is 9.36 Å². The maximum atomic E-state index is 13.9. The number of hydrogen-bond acceptors (Lipinski definition) is 10. The van der Waals surface area contributed by atoms with Crippen LogP contribution >= 0.6 is 34.4 Å². The molecule has 0 amide bonds. The minimum absolute atomic E-state index is 0.267. The minimum Gasteiger partial charge on any atom is -0.494 e. The first kappa shape index (κ1) is 28.2. The summed E-state index contributed by atoms with van der Waals surface area (Å²) in [4.78, 5) is 37.0. The van der Waals surface area contributed by atoms with Crippen molar-refractivity contribution in [3.8, 4) is 5.75 Å². The van der Waals surface area contributed by atoms with E-state index in [4.69, 9.17) is 13.9 Å². The Kier molecular flexibility index (Phi) is 7.89. The van der Waals surface area contributed by atoms with Gasteiger partial charge in [0.25, 0.3) is 5.56 Å². The molecule has 1 atom stereocenters. The molecule has 0 bridgehead atoms. The van der Waals surface area contributed by atoms with Gasteiger partial charge in [0.15, 0.2) is 14.2 Å². The van der Waals surface area contributed by atoms with Gasteiger partial charge in [0.05, 0.1) is 44.8 Å². The highest BCUT2D eigenvalue weighted by molar-refractivity contribution is 8.01. The highest BCUT2D eigenvalue weighted by Gasteiger charge is 2.33. The largest absolute Gasteiger partial charge is 0.494 e. The highest BCUT2D eigenvalue weighted by Crippen LogP contribution is 2.35. The third kappa shape index (κ3) is 5.59. The molecule has 11 heteroatoms. The molecule has 4 heterocycles. The van der Waals surface area contributed by atoms with Crippen molar-refractivity contribution < 1.29 is 18.7 Å². The predicted octanol–water partition coefficient (Wildman–Crippen LogP) is 5.94. The van der Waals surface area contributed by atoms with Crippen LogP contribution in [-0.2, 0) is 9.53 Å². The number of allylic oxidation sites excluding steroid dienone is 1. The molecule has 0 radical (unpaired) electrons. The molecule has 3 aromatic heterocycles. The Balaban J connectivity index is 1.38. The van der Waals surface area contributed by atoms with Crippen LogP contribution in [0.15, 0.2) is 95.6 Å². The lowest BCUT2D eigenvalue weighted by atomic mass is 9.96. The molecule has 42 heavy (non-hydrogen) atoms. The van der Waals surface area contributed by atoms with Crippen molar-refractivity contribution >= 4 is 56.7 Å². The first-order valence-electron chi connectivity index (χ1n) is 13.4. The summed E-state index contributed by atoms with van der Waals surface area (Å²) in [6, 6.07) is 18.4. The van der Waals surface area contributed by atoms with Crippen LogP contribution in [0.4, 0.5) is 0 Å². The van der Waals surface area contributed by atoms with Crippen molar-refractivity contribution in [1.29, 1.82) is 0 Å². The number of ether oxygens (including phenoxy) is 2. The van der Waals surface area contributed by atoms with Crippen LogP contribution < -0.4 is 19.6 Å². The van der Waals surface area contributed by atoms with E-state index in [2.05, 4.69) is 9.98 Å². The molecule has 0 unspecified atom stereocenters. The second-order valence-corrected chi connectivity index (χ2v) is 13.0. The summed E-state index contributed by atoms with van der Waals surface area (Å²) < 4.78 is 21.2. The van der Waals surface area contributed by atoms with Gasteiger partial charge >= 0.3 is 5.97 Å². The normalized spacial score (nSPS) is 15.3. The second kappa shape index (κ2) is 11.7. The smallest absolute Gasteiger partial charge is 0.338 e. The fourth-order valence-corrected chi connectivity index (χ4v) is 7.66. The Morgan fingerprint density at radius 1 is 1.12 bits per heavy atom. The van der Waals surface area contributed by atoms with Crippen molar-refractivity contribution in [3.63, 3.8) is 0 Å². The van der Waals surface area contributed by atoms with Gasteiger partial charge in [0.2, 0.25) is 0 Å². The minimum atomic E-state index is -0.702. The molecule has 214 valence electrons. The number of thiazole rings is 2. The van der Waals surface area contributed by atoms with Crippen LogP contribution in [0.3, 0.4) is 0 Å². The Bertz CT molecular complexity index is 1960. The third-order valence-electron chi connectivity index (χ3n) is 6.43. The second-order valence-electron chi connectivity index (χ2n) is 9.74. The summed E-state index contributed by atoms with van der Waals surface area (Å²) in [5.74, 6) is 0.747. The Labute approximate surface area is 253 Å². The van der Waals surface area contributed by atoms with E-state index in [1.54, 1.807) is 42.8 Å². The molecule has 5 aromatic rings. The maximum Gasteiger partial charge on any atom is 0.338 e. The Hall–Kier alpha value is -3.93. The lowest BCUT2D eigenvalue weighted by Crippen LogP contribution is -2.40. The van der Waals surface area contributed by atoms with Gasteiger partial charge in [0.1, 0.15) is 11.5 Å². The average Bonchev–Trinajstić information content (AvgIpc) is 3.65. The van der Waals surface area contributed by atoms with Gasteiger partial charge in [-0.05, 0) is 81.4 Å². The van der Waals surface area contributed by atoms with E-state index in [-0.39, 0.29) is 11.7 Å². The molecular weight excluding hydrogens is 591 g/mol. The summed E-state index contributed by atoms with van der Waals surface area (Å²) in [6.07, 6.45) is 1.39. The monoisotopic (exact) mass is 617 g/mol. The van der Waals surface area contributed by atoms with E-state index in [1.165, 1.54) is 23.1 Å². The lowest BCUT2D eigenvalue weighted by molar-refractivity contribution is -0.143. The number of carbonyl (C=O) groups excluding carboxylic acids is 1. The molecule has 1 aliphatic heterocycles. The topological polar surface area (TPSA) is 95.9 Å². The van der Waals surface area contributed by atoms with Gasteiger partial charge in [-0.25, -0.2) is 14.8 Å². The van der Waals surface area contributed by atoms with Crippen LogP contribution in [0.5, 0.6) is 5.75 Å². The van der Waals surface area contributed by atoms with Gasteiger partial charge in [-0.1, -0.05) is 35.6 Å². The van der Waals surface area contributed by atoms with E-state index < -0.39 is 12.0 Å². The van der Waals surface area contributed by atoms with Crippen molar-refractivity contribution in [2.24, 2.45) is 4.99 Å². The zero-order valence-electron chi connectivity index (χ0n) is 23.3. The maximum absolute atomic E-state index is 13.9. The van der Waals surface area contributed by atoms with Gasteiger partial charge in [-0.2, -0.15) is 0 Å². The summed E-state index contributed by atoms with van der Waals surface area (Å²) in [5, 5.41) is 0.676. The van der Waals surface area contributed by atoms with E-state index in [9.17, 15) is 9.59 Å². The van der Waals surface area contributed by atoms with Crippen molar-refractivity contribution in [2.75, 3.05) is 6.61 Å². The van der Waals surface area contributed by atoms with E-state index >= 15 is 0 Å². The SMILES string of the molecule is CCOc1ccc([C@@H]2C(C(=O)OC(C)C)=C(C)N=c3s/c(=C/c4ccc(Sc5nc6ccccc6s5)o4)c(=O)n32)cc1. The quantitative estimate of drug-likeness (QED) is 0.199. The zero-order chi connectivity index (χ0) is 29.4. The number of aromatic nitrogens is 2. The highest BCUT2D eigenvalue weighted by atomic mass is 32.2. The number of carbonyl (C=O) groups is 1. The number of rotatable bonds is 8. The molecule has 0 N–H and O–H groups in total. The van der Waals surface area contributed by atoms with Crippen LogP contribution in [0, 0.1) is 0 Å². The molecule has 2 aromatic carbocycles. The summed E-state index contributed by atoms with van der Waals surface area (Å²) in [7, 11) is 0. The van der Waals surface area contributed by atoms with Gasteiger partial charge in [-0.15, -0.1) is 11.3 Å². The van der Waals surface area contributed by atoms with Crippen LogP contribution in [-0.4, -0.2) is 28.2 Å². The number of nitrogens with zero attached hydrogens (tertiary/aromatic N) is 3. The summed E-state index contributed by atoms with van der Waals surface area (Å²) >= 11 is 4.30. The predicted molar refractivity (Wildman–Crippen MR) is 165 cm³/mol. The fraction of sp³-hybridized carbons (Fsp3) is 0.226. The molecule has 1 aliphatic rings.